The highest BCUT2D eigenvalue weighted by Crippen LogP contribution is 2.22. The Morgan fingerprint density at radius 1 is 1.17 bits per heavy atom. The van der Waals surface area contributed by atoms with Crippen molar-refractivity contribution >= 4 is 16.1 Å². The van der Waals surface area contributed by atoms with Crippen LogP contribution in [0, 0.1) is 0 Å². The molecule has 1 saturated heterocycles. The lowest BCUT2D eigenvalue weighted by Gasteiger charge is -2.38. The minimum atomic E-state index is -3.34. The third-order valence-electron chi connectivity index (χ3n) is 4.44. The molecule has 1 saturated carbocycles. The highest BCUT2D eigenvalue weighted by atomic mass is 32.2. The standard InChI is InChI=1S/C16H22N2O4S/c19-16(22-12-13-6-2-1-3-7-13)18-10-15(11-18)23(20,21)17-14-8-4-5-9-14/h1-3,6-7,14-15,17H,4-5,8-12H2. The van der Waals surface area contributed by atoms with Crippen LogP contribution >= 0.6 is 0 Å². The van der Waals surface area contributed by atoms with Crippen molar-refractivity contribution < 1.29 is 17.9 Å². The van der Waals surface area contributed by atoms with Crippen molar-refractivity contribution in [2.75, 3.05) is 13.1 Å². The van der Waals surface area contributed by atoms with Crippen LogP contribution in [0.25, 0.3) is 0 Å². The third kappa shape index (κ3) is 4.03. The number of rotatable bonds is 5. The molecule has 0 spiro atoms. The normalized spacial score (nSPS) is 19.6. The lowest BCUT2D eigenvalue weighted by Crippen LogP contribution is -2.60. The molecule has 1 amide bonds. The Kier molecular flexibility index (Phi) is 4.87. The smallest absolute Gasteiger partial charge is 0.410 e. The molecule has 2 fully saturated rings. The molecule has 1 aromatic rings. The highest BCUT2D eigenvalue weighted by Gasteiger charge is 2.41. The molecule has 0 radical (unpaired) electrons. The highest BCUT2D eigenvalue weighted by molar-refractivity contribution is 7.90. The molecule has 1 N–H and O–H groups in total. The number of nitrogens with zero attached hydrogens (tertiary/aromatic N) is 1. The molecule has 126 valence electrons. The van der Waals surface area contributed by atoms with Gasteiger partial charge in [0.2, 0.25) is 10.0 Å². The summed E-state index contributed by atoms with van der Waals surface area (Å²) in [5.41, 5.74) is 0.911. The quantitative estimate of drug-likeness (QED) is 0.889. The van der Waals surface area contributed by atoms with Crippen LogP contribution in [-0.2, 0) is 21.4 Å². The van der Waals surface area contributed by atoms with Crippen LogP contribution in [0.1, 0.15) is 31.2 Å². The Labute approximate surface area is 136 Å². The second-order valence-electron chi connectivity index (χ2n) is 6.21. The van der Waals surface area contributed by atoms with Gasteiger partial charge in [0, 0.05) is 19.1 Å². The van der Waals surface area contributed by atoms with Crippen LogP contribution in [0.15, 0.2) is 30.3 Å². The van der Waals surface area contributed by atoms with Crippen LogP contribution in [0.3, 0.4) is 0 Å². The molecule has 6 nitrogen and oxygen atoms in total. The Balaban J connectivity index is 1.43. The van der Waals surface area contributed by atoms with E-state index < -0.39 is 21.4 Å². The first-order chi connectivity index (χ1) is 11.0. The summed E-state index contributed by atoms with van der Waals surface area (Å²) in [7, 11) is -3.34. The fraction of sp³-hybridized carbons (Fsp3) is 0.562. The molecule has 0 aromatic heterocycles. The summed E-state index contributed by atoms with van der Waals surface area (Å²) in [6, 6.07) is 9.48. The number of amides is 1. The summed E-state index contributed by atoms with van der Waals surface area (Å²) in [6.45, 7) is 0.610. The summed E-state index contributed by atoms with van der Waals surface area (Å²) in [6.07, 6.45) is 3.52. The van der Waals surface area contributed by atoms with E-state index in [9.17, 15) is 13.2 Å². The number of carbonyl (C=O) groups excluding carboxylic acids is 1. The minimum Gasteiger partial charge on any atom is -0.445 e. The van der Waals surface area contributed by atoms with Crippen molar-refractivity contribution in [2.45, 2.75) is 43.6 Å². The average molecular weight is 338 g/mol. The van der Waals surface area contributed by atoms with Gasteiger partial charge < -0.3 is 9.64 Å². The molecular weight excluding hydrogens is 316 g/mol. The number of hydrogen-bond acceptors (Lipinski definition) is 4. The van der Waals surface area contributed by atoms with Gasteiger partial charge in [0.05, 0.1) is 0 Å². The van der Waals surface area contributed by atoms with Crippen molar-refractivity contribution in [2.24, 2.45) is 0 Å². The monoisotopic (exact) mass is 338 g/mol. The van der Waals surface area contributed by atoms with Crippen LogP contribution in [0.5, 0.6) is 0 Å². The molecule has 1 heterocycles. The maximum Gasteiger partial charge on any atom is 0.410 e. The van der Waals surface area contributed by atoms with Crippen molar-refractivity contribution in [3.8, 4) is 0 Å². The fourth-order valence-electron chi connectivity index (χ4n) is 2.97. The van der Waals surface area contributed by atoms with Gasteiger partial charge in [-0.3, -0.25) is 0 Å². The second kappa shape index (κ2) is 6.88. The largest absolute Gasteiger partial charge is 0.445 e. The zero-order valence-electron chi connectivity index (χ0n) is 13.0. The molecule has 23 heavy (non-hydrogen) atoms. The van der Waals surface area contributed by atoms with E-state index in [1.807, 2.05) is 30.3 Å². The number of sulfonamides is 1. The van der Waals surface area contributed by atoms with E-state index in [1.165, 1.54) is 4.90 Å². The van der Waals surface area contributed by atoms with Crippen LogP contribution < -0.4 is 4.72 Å². The molecule has 7 heteroatoms. The Hall–Kier alpha value is -1.60. The minimum absolute atomic E-state index is 0.0686. The third-order valence-corrected chi connectivity index (χ3v) is 6.27. The molecular formula is C16H22N2O4S. The zero-order chi connectivity index (χ0) is 16.3. The number of ether oxygens (including phenoxy) is 1. The number of benzene rings is 1. The van der Waals surface area contributed by atoms with Gasteiger partial charge in [-0.2, -0.15) is 0 Å². The van der Waals surface area contributed by atoms with E-state index in [2.05, 4.69) is 4.72 Å². The van der Waals surface area contributed by atoms with Crippen molar-refractivity contribution in [1.29, 1.82) is 0 Å². The number of hydrogen-bond donors (Lipinski definition) is 1. The lowest BCUT2D eigenvalue weighted by molar-refractivity contribution is 0.0766. The molecule has 1 aromatic carbocycles. The molecule has 0 atom stereocenters. The van der Waals surface area contributed by atoms with E-state index in [-0.39, 0.29) is 25.7 Å². The SMILES string of the molecule is O=C(OCc1ccccc1)N1CC(S(=O)(=O)NC2CCCC2)C1. The van der Waals surface area contributed by atoms with E-state index >= 15 is 0 Å². The van der Waals surface area contributed by atoms with Gasteiger partial charge in [0.1, 0.15) is 11.9 Å². The van der Waals surface area contributed by atoms with Gasteiger partial charge >= 0.3 is 6.09 Å². The van der Waals surface area contributed by atoms with Crippen molar-refractivity contribution in [1.82, 2.24) is 9.62 Å². The summed E-state index contributed by atoms with van der Waals surface area (Å²) in [5.74, 6) is 0. The van der Waals surface area contributed by atoms with Gasteiger partial charge in [0.25, 0.3) is 0 Å². The maximum atomic E-state index is 12.2. The van der Waals surface area contributed by atoms with Crippen LogP contribution in [-0.4, -0.2) is 43.8 Å². The van der Waals surface area contributed by atoms with Gasteiger partial charge in [0.15, 0.2) is 0 Å². The predicted octanol–water partition coefficient (Wildman–Crippen LogP) is 1.87. The maximum absolute atomic E-state index is 12.2. The molecule has 0 unspecified atom stereocenters. The first kappa shape index (κ1) is 16.3. The predicted molar refractivity (Wildman–Crippen MR) is 86.3 cm³/mol. The summed E-state index contributed by atoms with van der Waals surface area (Å²) >= 11 is 0. The van der Waals surface area contributed by atoms with Crippen molar-refractivity contribution in [3.05, 3.63) is 35.9 Å². The van der Waals surface area contributed by atoms with Crippen LogP contribution in [0.2, 0.25) is 0 Å². The Morgan fingerprint density at radius 3 is 2.48 bits per heavy atom. The number of nitrogens with one attached hydrogen (secondary N) is 1. The zero-order valence-corrected chi connectivity index (χ0v) is 13.8. The molecule has 2 aliphatic rings. The molecule has 1 aliphatic carbocycles. The Bertz CT molecular complexity index is 635. The molecule has 1 aliphatic heterocycles. The topological polar surface area (TPSA) is 75.7 Å². The molecule has 0 bridgehead atoms. The van der Waals surface area contributed by atoms with Crippen LogP contribution in [0.4, 0.5) is 4.79 Å². The average Bonchev–Trinajstić information content (AvgIpc) is 2.96. The second-order valence-corrected chi connectivity index (χ2v) is 8.20. The number of likely N-dealkylation sites (tertiary alicyclic amines) is 1. The first-order valence-corrected chi connectivity index (χ1v) is 9.56. The Morgan fingerprint density at radius 2 is 1.83 bits per heavy atom. The fourth-order valence-corrected chi connectivity index (χ4v) is 4.61. The van der Waals surface area contributed by atoms with E-state index in [1.54, 1.807) is 0 Å². The van der Waals surface area contributed by atoms with Crippen molar-refractivity contribution in [3.63, 3.8) is 0 Å². The van der Waals surface area contributed by atoms with E-state index in [4.69, 9.17) is 4.74 Å². The van der Waals surface area contributed by atoms with Gasteiger partial charge in [-0.1, -0.05) is 43.2 Å². The van der Waals surface area contributed by atoms with Gasteiger partial charge in [-0.25, -0.2) is 17.9 Å². The lowest BCUT2D eigenvalue weighted by atomic mass is 10.2. The van der Waals surface area contributed by atoms with E-state index in [0.29, 0.717) is 0 Å². The summed E-state index contributed by atoms with van der Waals surface area (Å²) in [4.78, 5) is 13.3. The first-order valence-electron chi connectivity index (χ1n) is 8.01. The number of carbonyl (C=O) groups is 1. The summed E-state index contributed by atoms with van der Waals surface area (Å²) in [5, 5.41) is -0.521. The van der Waals surface area contributed by atoms with E-state index in [0.717, 1.165) is 31.2 Å². The van der Waals surface area contributed by atoms with Gasteiger partial charge in [-0.15, -0.1) is 0 Å². The summed E-state index contributed by atoms with van der Waals surface area (Å²) < 4.78 is 32.4. The van der Waals surface area contributed by atoms with Gasteiger partial charge in [-0.05, 0) is 18.4 Å². The molecule has 3 rings (SSSR count).